The van der Waals surface area contributed by atoms with Crippen LogP contribution in [0, 0.1) is 0 Å². The second kappa shape index (κ2) is 69.8. The first-order valence-electron chi connectivity index (χ1n) is 35.2. The molecule has 0 radical (unpaired) electrons. The fourth-order valence-corrected chi connectivity index (χ4v) is 10.1. The van der Waals surface area contributed by atoms with Crippen LogP contribution in [0.5, 0.6) is 0 Å². The van der Waals surface area contributed by atoms with Crippen LogP contribution < -0.4 is 0 Å². The molecule has 0 N–H and O–H groups in total. The molecule has 0 saturated heterocycles. The van der Waals surface area contributed by atoms with Gasteiger partial charge in [0, 0.05) is 19.3 Å². The van der Waals surface area contributed by atoms with Crippen molar-refractivity contribution in [3.63, 3.8) is 0 Å². The molecule has 0 saturated carbocycles. The zero-order valence-electron chi connectivity index (χ0n) is 54.2. The van der Waals surface area contributed by atoms with E-state index in [-0.39, 0.29) is 31.1 Å². The quantitative estimate of drug-likeness (QED) is 0.0261. The van der Waals surface area contributed by atoms with Crippen molar-refractivity contribution in [1.82, 2.24) is 0 Å². The molecule has 82 heavy (non-hydrogen) atoms. The molecular formula is C76H132O6. The van der Waals surface area contributed by atoms with Crippen LogP contribution in [0.3, 0.4) is 0 Å². The van der Waals surface area contributed by atoms with E-state index in [1.165, 1.54) is 193 Å². The lowest BCUT2D eigenvalue weighted by Gasteiger charge is -2.18. The van der Waals surface area contributed by atoms with Gasteiger partial charge in [0.25, 0.3) is 0 Å². The normalized spacial score (nSPS) is 12.7. The van der Waals surface area contributed by atoms with Crippen molar-refractivity contribution >= 4 is 17.9 Å². The second-order valence-electron chi connectivity index (χ2n) is 23.4. The summed E-state index contributed by atoms with van der Waals surface area (Å²) in [7, 11) is 0. The van der Waals surface area contributed by atoms with Crippen LogP contribution >= 0.6 is 0 Å². The molecule has 0 heterocycles. The Hall–Kier alpha value is -3.67. The second-order valence-corrected chi connectivity index (χ2v) is 23.4. The molecular weight excluding hydrogens is 1010 g/mol. The number of carbonyl (C=O) groups is 3. The molecule has 0 amide bonds. The minimum atomic E-state index is -0.781. The summed E-state index contributed by atoms with van der Waals surface area (Å²) < 4.78 is 17.0. The van der Waals surface area contributed by atoms with Gasteiger partial charge in [0.2, 0.25) is 0 Å². The van der Waals surface area contributed by atoms with E-state index in [4.69, 9.17) is 14.2 Å². The van der Waals surface area contributed by atoms with Gasteiger partial charge < -0.3 is 14.2 Å². The van der Waals surface area contributed by atoms with Crippen LogP contribution in [-0.4, -0.2) is 37.2 Å². The van der Waals surface area contributed by atoms with Crippen molar-refractivity contribution in [2.24, 2.45) is 0 Å². The van der Waals surface area contributed by atoms with E-state index in [1.807, 2.05) is 0 Å². The van der Waals surface area contributed by atoms with Gasteiger partial charge in [-0.25, -0.2) is 0 Å². The first-order chi connectivity index (χ1) is 40.5. The highest BCUT2D eigenvalue weighted by atomic mass is 16.6. The molecule has 0 aliphatic carbocycles. The molecule has 6 nitrogen and oxygen atoms in total. The smallest absolute Gasteiger partial charge is 0.306 e. The van der Waals surface area contributed by atoms with Crippen molar-refractivity contribution in [1.29, 1.82) is 0 Å². The number of carbonyl (C=O) groups excluding carboxylic acids is 3. The minimum absolute atomic E-state index is 0.0760. The van der Waals surface area contributed by atoms with Gasteiger partial charge in [-0.05, 0) is 96.3 Å². The summed E-state index contributed by atoms with van der Waals surface area (Å²) in [6.07, 6.45) is 94.3. The molecule has 0 aliphatic rings. The summed E-state index contributed by atoms with van der Waals surface area (Å²) >= 11 is 0. The largest absolute Gasteiger partial charge is 0.462 e. The number of ether oxygens (including phenoxy) is 3. The highest BCUT2D eigenvalue weighted by molar-refractivity contribution is 5.71. The first-order valence-corrected chi connectivity index (χ1v) is 35.2. The predicted octanol–water partition coefficient (Wildman–Crippen LogP) is 24.4. The van der Waals surface area contributed by atoms with E-state index in [2.05, 4.69) is 118 Å². The van der Waals surface area contributed by atoms with Crippen molar-refractivity contribution in [3.05, 3.63) is 97.2 Å². The fraction of sp³-hybridized carbons (Fsp3) is 0.750. The van der Waals surface area contributed by atoms with Gasteiger partial charge in [-0.2, -0.15) is 0 Å². The number of rotatable bonds is 64. The van der Waals surface area contributed by atoms with Crippen LogP contribution in [0.2, 0.25) is 0 Å². The Balaban J connectivity index is 4.26. The monoisotopic (exact) mass is 1140 g/mol. The van der Waals surface area contributed by atoms with Crippen molar-refractivity contribution in [2.75, 3.05) is 13.2 Å². The van der Waals surface area contributed by atoms with Gasteiger partial charge in [0.1, 0.15) is 13.2 Å². The molecule has 0 aromatic heterocycles. The lowest BCUT2D eigenvalue weighted by Crippen LogP contribution is -2.30. The highest BCUT2D eigenvalue weighted by Gasteiger charge is 2.19. The summed E-state index contributed by atoms with van der Waals surface area (Å²) in [4.78, 5) is 38.4. The highest BCUT2D eigenvalue weighted by Crippen LogP contribution is 2.18. The third-order valence-corrected chi connectivity index (χ3v) is 15.3. The van der Waals surface area contributed by atoms with Crippen molar-refractivity contribution < 1.29 is 28.6 Å². The molecule has 1 atom stereocenters. The molecule has 0 spiro atoms. The maximum absolute atomic E-state index is 13.0. The molecule has 472 valence electrons. The predicted molar refractivity (Wildman–Crippen MR) is 357 cm³/mol. The van der Waals surface area contributed by atoms with E-state index in [0.717, 1.165) is 116 Å². The number of esters is 3. The molecule has 0 aromatic rings. The number of allylic oxidation sites excluding steroid dienone is 16. The lowest BCUT2D eigenvalue weighted by molar-refractivity contribution is -0.167. The molecule has 6 heteroatoms. The van der Waals surface area contributed by atoms with Crippen molar-refractivity contribution in [2.45, 2.75) is 354 Å². The lowest BCUT2D eigenvalue weighted by atomic mass is 10.0. The van der Waals surface area contributed by atoms with Gasteiger partial charge in [-0.3, -0.25) is 14.4 Å². The van der Waals surface area contributed by atoms with E-state index in [1.54, 1.807) is 0 Å². The standard InChI is InChI=1S/C76H132O6/c1-4-7-10-13-16-19-22-25-28-30-32-34-35-36-37-38-39-40-41-43-44-46-48-51-54-57-60-63-66-69-75(78)81-72-73(71-80-74(77)68-65-62-59-56-53-50-27-24-21-18-15-12-9-6-3)82-76(79)70-67-64-61-58-55-52-49-47-45-42-33-31-29-26-23-20-17-14-11-8-5-2/h7-8,10-11,16-17,19-20,25-26,28-29,32-34,42,73H,4-6,9,12-15,18,21-24,27,30-31,35-41,43-72H2,1-3H3/b10-7-,11-8-,19-16-,20-17-,28-25-,29-26-,34-32-,42-33-. The molecule has 0 rings (SSSR count). The van der Waals surface area contributed by atoms with Gasteiger partial charge >= 0.3 is 17.9 Å². The number of hydrogen-bond donors (Lipinski definition) is 0. The Morgan fingerprint density at radius 3 is 0.744 bits per heavy atom. The van der Waals surface area contributed by atoms with Crippen LogP contribution in [0.1, 0.15) is 348 Å². The van der Waals surface area contributed by atoms with Crippen molar-refractivity contribution in [3.8, 4) is 0 Å². The number of unbranched alkanes of at least 4 members (excludes halogenated alkanes) is 37. The maximum Gasteiger partial charge on any atom is 0.306 e. The molecule has 0 bridgehead atoms. The Kier molecular flexibility index (Phi) is 66.7. The summed E-state index contributed by atoms with van der Waals surface area (Å²) in [6, 6.07) is 0. The topological polar surface area (TPSA) is 78.9 Å². The van der Waals surface area contributed by atoms with Crippen LogP contribution in [0.15, 0.2) is 97.2 Å². The van der Waals surface area contributed by atoms with Gasteiger partial charge in [0.15, 0.2) is 6.10 Å². The summed E-state index contributed by atoms with van der Waals surface area (Å²) in [5.41, 5.74) is 0. The van der Waals surface area contributed by atoms with E-state index in [0.29, 0.717) is 19.3 Å². The Labute approximate surface area is 508 Å². The van der Waals surface area contributed by atoms with Gasteiger partial charge in [0.05, 0.1) is 0 Å². The summed E-state index contributed by atoms with van der Waals surface area (Å²) in [6.45, 7) is 6.46. The van der Waals surface area contributed by atoms with Crippen LogP contribution in [0.4, 0.5) is 0 Å². The maximum atomic E-state index is 13.0. The van der Waals surface area contributed by atoms with Crippen LogP contribution in [0.25, 0.3) is 0 Å². The van der Waals surface area contributed by atoms with E-state index in [9.17, 15) is 14.4 Å². The fourth-order valence-electron chi connectivity index (χ4n) is 10.1. The zero-order chi connectivity index (χ0) is 59.2. The average Bonchev–Trinajstić information content (AvgIpc) is 3.47. The minimum Gasteiger partial charge on any atom is -0.462 e. The molecule has 0 fully saturated rings. The van der Waals surface area contributed by atoms with E-state index < -0.39 is 6.10 Å². The summed E-state index contributed by atoms with van der Waals surface area (Å²) in [5.74, 6) is -0.865. The molecule has 0 aromatic carbocycles. The Morgan fingerprint density at radius 2 is 0.476 bits per heavy atom. The van der Waals surface area contributed by atoms with Gasteiger partial charge in [-0.1, -0.05) is 330 Å². The average molecular weight is 1140 g/mol. The third-order valence-electron chi connectivity index (χ3n) is 15.3. The van der Waals surface area contributed by atoms with Gasteiger partial charge in [-0.15, -0.1) is 0 Å². The van der Waals surface area contributed by atoms with Crippen LogP contribution in [-0.2, 0) is 28.6 Å². The Bertz CT molecular complexity index is 1590. The summed E-state index contributed by atoms with van der Waals surface area (Å²) in [5, 5.41) is 0. The first kappa shape index (κ1) is 78.3. The molecule has 1 unspecified atom stereocenters. The molecule has 0 aliphatic heterocycles. The van der Waals surface area contributed by atoms with E-state index >= 15 is 0 Å². The third kappa shape index (κ3) is 67.1. The zero-order valence-corrected chi connectivity index (χ0v) is 54.2. The SMILES string of the molecule is CC/C=C\C/C=C\C/C=C\C/C=C\CCCCCCCCCCCCCCCCCCC(=O)OCC(COC(=O)CCCCCCCCCCCCCCCC)OC(=O)CCCCCCCCCC/C=C\C/C=C\C/C=C\C/C=C\CC. The number of hydrogen-bond acceptors (Lipinski definition) is 6. The Morgan fingerprint density at radius 1 is 0.256 bits per heavy atom.